The van der Waals surface area contributed by atoms with Crippen LogP contribution < -0.4 is 0 Å². The van der Waals surface area contributed by atoms with Gasteiger partial charge in [-0.25, -0.2) is 4.79 Å². The van der Waals surface area contributed by atoms with E-state index < -0.39 is 0 Å². The molecular weight excluding hydrogens is 274 g/mol. The average molecular weight is 289 g/mol. The second-order valence-electron chi connectivity index (χ2n) is 4.82. The van der Waals surface area contributed by atoms with Gasteiger partial charge in [0.25, 0.3) is 0 Å². The molecule has 1 fully saturated rings. The lowest BCUT2D eigenvalue weighted by atomic mass is 10.1. The summed E-state index contributed by atoms with van der Waals surface area (Å²) in [5, 5.41) is 0. The molecule has 3 nitrogen and oxygen atoms in total. The molecule has 0 spiro atoms. The SMILES string of the molecule is O=C1OCCN1/C(C#Cc1ccccc1)=C\c1ccccc1. The van der Waals surface area contributed by atoms with Gasteiger partial charge in [-0.2, -0.15) is 0 Å². The Bertz CT molecular complexity index is 739. The predicted octanol–water partition coefficient (Wildman–Crippen LogP) is 3.53. The molecule has 1 aliphatic rings. The molecule has 0 saturated carbocycles. The van der Waals surface area contributed by atoms with Crippen LogP contribution in [0.5, 0.6) is 0 Å². The van der Waals surface area contributed by atoms with Crippen molar-refractivity contribution in [2.24, 2.45) is 0 Å². The fourth-order valence-corrected chi connectivity index (χ4v) is 2.16. The molecule has 2 aromatic carbocycles. The van der Waals surface area contributed by atoms with Gasteiger partial charge in [-0.05, 0) is 29.7 Å². The topological polar surface area (TPSA) is 29.5 Å². The molecule has 0 aliphatic carbocycles. The van der Waals surface area contributed by atoms with E-state index in [1.54, 1.807) is 4.90 Å². The lowest BCUT2D eigenvalue weighted by Crippen LogP contribution is -2.22. The number of carbonyl (C=O) groups excluding carboxylic acids is 1. The molecule has 2 aromatic rings. The Labute approximate surface area is 129 Å². The number of allylic oxidation sites excluding steroid dienone is 1. The van der Waals surface area contributed by atoms with E-state index in [1.165, 1.54) is 0 Å². The summed E-state index contributed by atoms with van der Waals surface area (Å²) in [6, 6.07) is 19.5. The molecule has 1 saturated heterocycles. The maximum absolute atomic E-state index is 11.8. The number of hydrogen-bond acceptors (Lipinski definition) is 2. The van der Waals surface area contributed by atoms with Crippen LogP contribution in [0, 0.1) is 11.8 Å². The smallest absolute Gasteiger partial charge is 0.414 e. The molecule has 108 valence electrons. The largest absolute Gasteiger partial charge is 0.447 e. The van der Waals surface area contributed by atoms with Crippen molar-refractivity contribution in [3.8, 4) is 11.8 Å². The highest BCUT2D eigenvalue weighted by atomic mass is 16.6. The zero-order valence-corrected chi connectivity index (χ0v) is 12.0. The highest BCUT2D eigenvalue weighted by Gasteiger charge is 2.24. The Morgan fingerprint density at radius 2 is 1.73 bits per heavy atom. The van der Waals surface area contributed by atoms with Gasteiger partial charge in [0, 0.05) is 5.56 Å². The number of carbonyl (C=O) groups is 1. The Morgan fingerprint density at radius 3 is 2.36 bits per heavy atom. The summed E-state index contributed by atoms with van der Waals surface area (Å²) >= 11 is 0. The highest BCUT2D eigenvalue weighted by Crippen LogP contribution is 2.15. The Kier molecular flexibility index (Phi) is 4.22. The number of rotatable bonds is 2. The Morgan fingerprint density at radius 1 is 1.05 bits per heavy atom. The van der Waals surface area contributed by atoms with Crippen molar-refractivity contribution < 1.29 is 9.53 Å². The summed E-state index contributed by atoms with van der Waals surface area (Å²) in [4.78, 5) is 13.4. The van der Waals surface area contributed by atoms with E-state index in [4.69, 9.17) is 4.74 Å². The minimum Gasteiger partial charge on any atom is -0.447 e. The van der Waals surface area contributed by atoms with Crippen molar-refractivity contribution in [3.05, 3.63) is 77.5 Å². The van der Waals surface area contributed by atoms with Crippen LogP contribution in [-0.4, -0.2) is 24.1 Å². The molecule has 3 rings (SSSR count). The minimum absolute atomic E-state index is 0.343. The van der Waals surface area contributed by atoms with Crippen LogP contribution in [0.15, 0.2) is 66.4 Å². The summed E-state index contributed by atoms with van der Waals surface area (Å²) in [6.07, 6.45) is 1.56. The minimum atomic E-state index is -0.343. The van der Waals surface area contributed by atoms with Crippen LogP contribution in [0.2, 0.25) is 0 Å². The van der Waals surface area contributed by atoms with Gasteiger partial charge in [0.1, 0.15) is 6.61 Å². The number of benzene rings is 2. The van der Waals surface area contributed by atoms with Crippen molar-refractivity contribution in [3.63, 3.8) is 0 Å². The van der Waals surface area contributed by atoms with E-state index in [2.05, 4.69) is 11.8 Å². The Hall–Kier alpha value is -2.99. The second-order valence-corrected chi connectivity index (χ2v) is 4.82. The van der Waals surface area contributed by atoms with Crippen molar-refractivity contribution in [1.82, 2.24) is 4.90 Å². The summed E-state index contributed by atoms with van der Waals surface area (Å²) < 4.78 is 5.01. The van der Waals surface area contributed by atoms with Crippen LogP contribution in [0.1, 0.15) is 11.1 Å². The third-order valence-electron chi connectivity index (χ3n) is 3.26. The van der Waals surface area contributed by atoms with E-state index >= 15 is 0 Å². The van der Waals surface area contributed by atoms with Gasteiger partial charge in [-0.1, -0.05) is 54.5 Å². The maximum atomic E-state index is 11.8. The van der Waals surface area contributed by atoms with E-state index in [0.29, 0.717) is 18.8 Å². The van der Waals surface area contributed by atoms with Crippen molar-refractivity contribution >= 4 is 12.2 Å². The predicted molar refractivity (Wildman–Crippen MR) is 85.8 cm³/mol. The fourth-order valence-electron chi connectivity index (χ4n) is 2.16. The Balaban J connectivity index is 1.95. The van der Waals surface area contributed by atoms with Gasteiger partial charge in [0.05, 0.1) is 12.2 Å². The van der Waals surface area contributed by atoms with Crippen molar-refractivity contribution in [2.45, 2.75) is 0 Å². The van der Waals surface area contributed by atoms with Gasteiger partial charge < -0.3 is 4.74 Å². The normalized spacial score (nSPS) is 14.3. The molecule has 0 atom stereocenters. The summed E-state index contributed by atoms with van der Waals surface area (Å²) in [7, 11) is 0. The van der Waals surface area contributed by atoms with Crippen LogP contribution in [-0.2, 0) is 4.74 Å². The van der Waals surface area contributed by atoms with Crippen molar-refractivity contribution in [1.29, 1.82) is 0 Å². The van der Waals surface area contributed by atoms with E-state index in [1.807, 2.05) is 66.7 Å². The van der Waals surface area contributed by atoms with E-state index in [-0.39, 0.29) is 6.09 Å². The molecule has 0 bridgehead atoms. The zero-order chi connectivity index (χ0) is 15.2. The summed E-state index contributed by atoms with van der Waals surface area (Å²) in [5.41, 5.74) is 2.56. The second kappa shape index (κ2) is 6.64. The molecule has 3 heteroatoms. The van der Waals surface area contributed by atoms with Gasteiger partial charge in [0.15, 0.2) is 0 Å². The molecule has 1 aliphatic heterocycles. The average Bonchev–Trinajstić information content (AvgIpc) is 2.99. The van der Waals surface area contributed by atoms with Crippen LogP contribution in [0.25, 0.3) is 6.08 Å². The first-order valence-electron chi connectivity index (χ1n) is 7.11. The molecule has 1 amide bonds. The van der Waals surface area contributed by atoms with Crippen LogP contribution >= 0.6 is 0 Å². The number of nitrogens with zero attached hydrogens (tertiary/aromatic N) is 1. The van der Waals surface area contributed by atoms with Gasteiger partial charge in [0.2, 0.25) is 0 Å². The molecule has 0 aromatic heterocycles. The number of amides is 1. The van der Waals surface area contributed by atoms with Crippen molar-refractivity contribution in [2.75, 3.05) is 13.2 Å². The van der Waals surface area contributed by atoms with E-state index in [0.717, 1.165) is 11.1 Å². The quantitative estimate of drug-likeness (QED) is 0.792. The third-order valence-corrected chi connectivity index (χ3v) is 3.26. The monoisotopic (exact) mass is 289 g/mol. The molecule has 0 N–H and O–H groups in total. The lowest BCUT2D eigenvalue weighted by molar-refractivity contribution is 0.165. The van der Waals surface area contributed by atoms with Crippen LogP contribution in [0.4, 0.5) is 4.79 Å². The molecule has 22 heavy (non-hydrogen) atoms. The fraction of sp³-hybridized carbons (Fsp3) is 0.105. The molecule has 1 heterocycles. The van der Waals surface area contributed by atoms with Gasteiger partial charge >= 0.3 is 6.09 Å². The number of hydrogen-bond donors (Lipinski definition) is 0. The van der Waals surface area contributed by atoms with Gasteiger partial charge in [-0.3, -0.25) is 4.90 Å². The molecular formula is C19H15NO2. The standard InChI is InChI=1S/C19H15NO2/c21-19-20(13-14-22-19)18(15-17-9-5-2-6-10-17)12-11-16-7-3-1-4-8-16/h1-10,15H,13-14H2/b18-15-. The maximum Gasteiger partial charge on any atom is 0.414 e. The lowest BCUT2D eigenvalue weighted by Gasteiger charge is -2.12. The molecule has 0 radical (unpaired) electrons. The highest BCUT2D eigenvalue weighted by molar-refractivity contribution is 5.76. The third kappa shape index (κ3) is 3.36. The zero-order valence-electron chi connectivity index (χ0n) is 12.0. The number of ether oxygens (including phenoxy) is 1. The van der Waals surface area contributed by atoms with Crippen LogP contribution in [0.3, 0.4) is 0 Å². The first-order chi connectivity index (χ1) is 10.8. The first-order valence-corrected chi connectivity index (χ1v) is 7.11. The first kappa shape index (κ1) is 14.0. The summed E-state index contributed by atoms with van der Waals surface area (Å²) in [5.74, 6) is 6.19. The molecule has 0 unspecified atom stereocenters. The summed E-state index contributed by atoms with van der Waals surface area (Å²) in [6.45, 7) is 0.930. The van der Waals surface area contributed by atoms with E-state index in [9.17, 15) is 4.79 Å². The number of cyclic esters (lactones) is 1. The van der Waals surface area contributed by atoms with Gasteiger partial charge in [-0.15, -0.1) is 0 Å².